The van der Waals surface area contributed by atoms with Crippen molar-refractivity contribution in [2.45, 2.75) is 4.90 Å². The van der Waals surface area contributed by atoms with Crippen molar-refractivity contribution in [1.29, 1.82) is 0 Å². The fourth-order valence-corrected chi connectivity index (χ4v) is 2.77. The zero-order valence-electron chi connectivity index (χ0n) is 13.0. The van der Waals surface area contributed by atoms with Crippen LogP contribution in [0.1, 0.15) is 10.4 Å². The normalized spacial score (nSPS) is 10.6. The number of carbonyl (C=O) groups is 1. The summed E-state index contributed by atoms with van der Waals surface area (Å²) in [6, 6.07) is 20.0. The van der Waals surface area contributed by atoms with Gasteiger partial charge in [0.2, 0.25) is 0 Å². The first-order valence-electron chi connectivity index (χ1n) is 7.39. The van der Waals surface area contributed by atoms with E-state index in [0.29, 0.717) is 11.5 Å². The quantitative estimate of drug-likeness (QED) is 0.681. The van der Waals surface area contributed by atoms with Crippen molar-refractivity contribution in [2.75, 3.05) is 0 Å². The zero-order chi connectivity index (χ0) is 17.8. The maximum absolute atomic E-state index is 11.1. The fourth-order valence-electron chi connectivity index (χ4n) is 2.38. The average Bonchev–Trinajstić information content (AvgIpc) is 2.62. The van der Waals surface area contributed by atoms with Crippen molar-refractivity contribution in [3.05, 3.63) is 78.4 Å². The Morgan fingerprint density at radius 1 is 0.880 bits per heavy atom. The third-order valence-corrected chi connectivity index (χ3v) is 4.30. The molecule has 3 aromatic carbocycles. The number of benzene rings is 3. The van der Waals surface area contributed by atoms with Crippen LogP contribution in [0, 0.1) is 0 Å². The minimum absolute atomic E-state index is 0.138. The summed E-state index contributed by atoms with van der Waals surface area (Å²) < 4.78 is 27.9. The summed E-state index contributed by atoms with van der Waals surface area (Å²) in [5, 5.41) is 9.07. The van der Waals surface area contributed by atoms with Crippen molar-refractivity contribution < 1.29 is 23.1 Å². The molecule has 0 fully saturated rings. The first kappa shape index (κ1) is 16.7. The van der Waals surface area contributed by atoms with Crippen molar-refractivity contribution in [1.82, 2.24) is 0 Å². The van der Waals surface area contributed by atoms with Gasteiger partial charge in [-0.15, -0.1) is 0 Å². The van der Waals surface area contributed by atoms with Crippen LogP contribution < -0.4 is 4.74 Å². The van der Waals surface area contributed by atoms with Crippen molar-refractivity contribution >= 4 is 16.7 Å². The molecular weight excluding hydrogens is 340 g/mol. The molecule has 5 nitrogen and oxygen atoms in total. The van der Waals surface area contributed by atoms with E-state index in [-0.39, 0.29) is 10.5 Å². The Balaban J connectivity index is 1.96. The summed E-state index contributed by atoms with van der Waals surface area (Å²) in [5.74, 6) is -0.0723. The van der Waals surface area contributed by atoms with Crippen LogP contribution in [0.3, 0.4) is 0 Å². The average molecular weight is 354 g/mol. The van der Waals surface area contributed by atoms with E-state index in [1.807, 2.05) is 18.2 Å². The molecule has 0 aliphatic rings. The van der Waals surface area contributed by atoms with Crippen LogP contribution >= 0.6 is 0 Å². The van der Waals surface area contributed by atoms with E-state index in [1.54, 1.807) is 30.3 Å². The first-order valence-corrected chi connectivity index (χ1v) is 8.57. The van der Waals surface area contributed by atoms with Gasteiger partial charge in [0.15, 0.2) is 10.7 Å². The Bertz CT molecular complexity index is 983. The second-order valence-corrected chi connectivity index (χ2v) is 6.27. The van der Waals surface area contributed by atoms with E-state index < -0.39 is 16.7 Å². The number of carboxylic acids is 1. The van der Waals surface area contributed by atoms with Gasteiger partial charge in [-0.25, -0.2) is 13.2 Å². The second-order valence-electron chi connectivity index (χ2n) is 5.24. The van der Waals surface area contributed by atoms with E-state index in [4.69, 9.17) is 9.84 Å². The molecule has 25 heavy (non-hydrogen) atoms. The monoisotopic (exact) mass is 354 g/mol. The number of aromatic carboxylic acids is 1. The molecule has 0 bridgehead atoms. The molecule has 126 valence electrons. The number of para-hydroxylation sites is 1. The van der Waals surface area contributed by atoms with Gasteiger partial charge in [-0.05, 0) is 42.0 Å². The lowest BCUT2D eigenvalue weighted by atomic mass is 10.0. The van der Waals surface area contributed by atoms with Gasteiger partial charge in [0.25, 0.3) is 0 Å². The molecule has 1 N–H and O–H groups in total. The molecule has 0 aliphatic heterocycles. The third-order valence-electron chi connectivity index (χ3n) is 3.58. The van der Waals surface area contributed by atoms with Crippen LogP contribution in [-0.2, 0) is 10.7 Å². The number of hydrogen-bond acceptors (Lipinski definition) is 4. The highest BCUT2D eigenvalue weighted by molar-refractivity contribution is 7.72. The number of thiol groups is 1. The molecule has 3 rings (SSSR count). The molecule has 3 aromatic rings. The van der Waals surface area contributed by atoms with Gasteiger partial charge in [-0.3, -0.25) is 0 Å². The van der Waals surface area contributed by atoms with Crippen molar-refractivity contribution in [3.8, 4) is 22.6 Å². The largest absolute Gasteiger partial charge is 0.478 e. The highest BCUT2D eigenvalue weighted by Crippen LogP contribution is 2.33. The number of carboxylic acid groups (broad SMARTS) is 1. The van der Waals surface area contributed by atoms with Gasteiger partial charge < -0.3 is 9.84 Å². The molecule has 0 saturated carbocycles. The van der Waals surface area contributed by atoms with E-state index in [1.165, 1.54) is 24.3 Å². The number of hydrogen-bond donors (Lipinski definition) is 2. The predicted molar refractivity (Wildman–Crippen MR) is 93.9 cm³/mol. The summed E-state index contributed by atoms with van der Waals surface area (Å²) in [6.07, 6.45) is 0. The maximum Gasteiger partial charge on any atom is 0.335 e. The number of rotatable bonds is 5. The number of ether oxygens (including phenoxy) is 1. The molecule has 0 aromatic heterocycles. The van der Waals surface area contributed by atoms with E-state index in [9.17, 15) is 13.2 Å². The van der Waals surface area contributed by atoms with Crippen LogP contribution in [0.15, 0.2) is 77.7 Å². The Hall–Kier alpha value is -3.12. The third kappa shape index (κ3) is 3.87. The van der Waals surface area contributed by atoms with Gasteiger partial charge in [0.1, 0.15) is 11.5 Å². The van der Waals surface area contributed by atoms with E-state index in [0.717, 1.165) is 11.1 Å². The molecule has 0 unspecified atom stereocenters. The first-order chi connectivity index (χ1) is 12.0. The molecule has 0 spiro atoms. The van der Waals surface area contributed by atoms with Crippen LogP contribution in [0.4, 0.5) is 0 Å². The Kier molecular flexibility index (Phi) is 4.81. The van der Waals surface area contributed by atoms with Gasteiger partial charge in [0.05, 0.1) is 10.5 Å². The van der Waals surface area contributed by atoms with Crippen LogP contribution in [-0.4, -0.2) is 19.5 Å². The van der Waals surface area contributed by atoms with E-state index in [2.05, 4.69) is 0 Å². The molecule has 0 radical (unpaired) electrons. The Labute approximate surface area is 146 Å². The highest BCUT2D eigenvalue weighted by Gasteiger charge is 2.09. The minimum atomic E-state index is -2.62. The molecule has 0 aliphatic carbocycles. The molecular formula is C19H14O5S. The second kappa shape index (κ2) is 7.19. The standard InChI is InChI=1S/C19H14O5S/c20-19(21)14-4-3-5-15(12-14)24-18-7-2-1-6-17(18)13-8-10-16(11-9-13)25(22)23/h1-12,25H,(H,20,21). The fraction of sp³-hybridized carbons (Fsp3) is 0. The van der Waals surface area contributed by atoms with Gasteiger partial charge in [-0.2, -0.15) is 0 Å². The lowest BCUT2D eigenvalue weighted by molar-refractivity contribution is 0.0696. The maximum atomic E-state index is 11.1. The SMILES string of the molecule is O=C(O)c1cccc(Oc2ccccc2-c2ccc([SH](=O)=O)cc2)c1. The molecule has 0 heterocycles. The van der Waals surface area contributed by atoms with Crippen LogP contribution in [0.25, 0.3) is 11.1 Å². The van der Waals surface area contributed by atoms with Crippen LogP contribution in [0.2, 0.25) is 0 Å². The lowest BCUT2D eigenvalue weighted by Gasteiger charge is -2.12. The summed E-state index contributed by atoms with van der Waals surface area (Å²) in [5.41, 5.74) is 1.71. The molecule has 6 heteroatoms. The summed E-state index contributed by atoms with van der Waals surface area (Å²) in [6.45, 7) is 0. The van der Waals surface area contributed by atoms with Crippen molar-refractivity contribution in [2.24, 2.45) is 0 Å². The Morgan fingerprint density at radius 2 is 1.60 bits per heavy atom. The Morgan fingerprint density at radius 3 is 2.28 bits per heavy atom. The van der Waals surface area contributed by atoms with Crippen molar-refractivity contribution in [3.63, 3.8) is 0 Å². The van der Waals surface area contributed by atoms with Gasteiger partial charge >= 0.3 is 5.97 Å². The zero-order valence-corrected chi connectivity index (χ0v) is 13.9. The molecule has 0 atom stereocenters. The molecule has 0 amide bonds. The van der Waals surface area contributed by atoms with Gasteiger partial charge in [-0.1, -0.05) is 36.4 Å². The predicted octanol–water partition coefficient (Wildman–Crippen LogP) is 3.81. The molecule has 0 saturated heterocycles. The summed E-state index contributed by atoms with van der Waals surface area (Å²) in [7, 11) is -2.62. The topological polar surface area (TPSA) is 80.7 Å². The lowest BCUT2D eigenvalue weighted by Crippen LogP contribution is -1.96. The highest BCUT2D eigenvalue weighted by atomic mass is 32.2. The smallest absolute Gasteiger partial charge is 0.335 e. The van der Waals surface area contributed by atoms with Crippen LogP contribution in [0.5, 0.6) is 11.5 Å². The van der Waals surface area contributed by atoms with Gasteiger partial charge in [0, 0.05) is 5.56 Å². The minimum Gasteiger partial charge on any atom is -0.478 e. The van der Waals surface area contributed by atoms with E-state index >= 15 is 0 Å². The summed E-state index contributed by atoms with van der Waals surface area (Å²) in [4.78, 5) is 11.3. The summed E-state index contributed by atoms with van der Waals surface area (Å²) >= 11 is 0.